The Balaban J connectivity index is 2.48. The Kier molecular flexibility index (Phi) is 6.50. The van der Waals surface area contributed by atoms with E-state index in [-0.39, 0.29) is 12.5 Å². The smallest absolute Gasteiger partial charge is 0.308 e. The third-order valence-electron chi connectivity index (χ3n) is 3.18. The lowest BCUT2D eigenvalue weighted by Crippen LogP contribution is -2.31. The molecule has 2 N–H and O–H groups in total. The molecule has 0 aliphatic heterocycles. The summed E-state index contributed by atoms with van der Waals surface area (Å²) >= 11 is 0. The Labute approximate surface area is 119 Å². The summed E-state index contributed by atoms with van der Waals surface area (Å²) in [4.78, 5) is 22.4. The second-order valence-electron chi connectivity index (χ2n) is 4.62. The van der Waals surface area contributed by atoms with Gasteiger partial charge in [0.2, 0.25) is 5.91 Å². The van der Waals surface area contributed by atoms with Gasteiger partial charge in [0.1, 0.15) is 0 Å². The van der Waals surface area contributed by atoms with Crippen LogP contribution in [0.4, 0.5) is 0 Å². The summed E-state index contributed by atoms with van der Waals surface area (Å²) < 4.78 is 0. The van der Waals surface area contributed by atoms with Gasteiger partial charge in [0.05, 0.1) is 5.92 Å². The molecule has 1 amide bonds. The van der Waals surface area contributed by atoms with Gasteiger partial charge in [-0.2, -0.15) is 0 Å². The topological polar surface area (TPSA) is 66.4 Å². The first-order valence-electron chi connectivity index (χ1n) is 6.84. The molecule has 0 saturated carbocycles. The van der Waals surface area contributed by atoms with Gasteiger partial charge in [-0.15, -0.1) is 0 Å². The molecule has 1 unspecified atom stereocenters. The number of carbonyl (C=O) groups is 2. The van der Waals surface area contributed by atoms with Gasteiger partial charge in [0, 0.05) is 12.6 Å². The lowest BCUT2D eigenvalue weighted by atomic mass is 10.1. The van der Waals surface area contributed by atoms with Crippen LogP contribution in [0.1, 0.15) is 31.4 Å². The zero-order valence-electron chi connectivity index (χ0n) is 11.9. The second kappa shape index (κ2) is 8.15. The number of aryl methyl sites for hydroxylation is 1. The molecular formula is C16H21NO3. The maximum atomic E-state index is 11.6. The number of benzene rings is 1. The highest BCUT2D eigenvalue weighted by atomic mass is 16.4. The van der Waals surface area contributed by atoms with E-state index >= 15 is 0 Å². The minimum absolute atomic E-state index is 0.157. The molecular weight excluding hydrogens is 254 g/mol. The highest BCUT2D eigenvalue weighted by Crippen LogP contribution is 2.06. The molecule has 0 spiro atoms. The number of carboxylic acid groups (broad SMARTS) is 1. The molecule has 1 aromatic rings. The van der Waals surface area contributed by atoms with E-state index in [1.54, 1.807) is 13.0 Å². The van der Waals surface area contributed by atoms with Gasteiger partial charge in [0.25, 0.3) is 0 Å². The molecule has 4 heteroatoms. The highest BCUT2D eigenvalue weighted by Gasteiger charge is 2.14. The third-order valence-corrected chi connectivity index (χ3v) is 3.18. The Morgan fingerprint density at radius 1 is 1.25 bits per heavy atom. The Morgan fingerprint density at radius 3 is 2.40 bits per heavy atom. The molecule has 0 aliphatic rings. The molecule has 0 radical (unpaired) electrons. The molecule has 1 aromatic carbocycles. The van der Waals surface area contributed by atoms with Crippen molar-refractivity contribution in [1.29, 1.82) is 0 Å². The van der Waals surface area contributed by atoms with Gasteiger partial charge >= 0.3 is 5.97 Å². The minimum atomic E-state index is -0.882. The van der Waals surface area contributed by atoms with Crippen LogP contribution in [0.25, 0.3) is 6.08 Å². The maximum Gasteiger partial charge on any atom is 0.308 e. The molecule has 0 bridgehead atoms. The van der Waals surface area contributed by atoms with Gasteiger partial charge in [-0.3, -0.25) is 9.59 Å². The van der Waals surface area contributed by atoms with Gasteiger partial charge in [-0.05, 0) is 30.0 Å². The number of aliphatic carboxylic acids is 1. The number of carbonyl (C=O) groups excluding carboxylic acids is 1. The first kappa shape index (κ1) is 16.0. The van der Waals surface area contributed by atoms with Crippen molar-refractivity contribution in [3.05, 3.63) is 41.5 Å². The number of amides is 1. The molecule has 1 atom stereocenters. The molecule has 1 rings (SSSR count). The molecule has 0 aliphatic carbocycles. The monoisotopic (exact) mass is 275 g/mol. The van der Waals surface area contributed by atoms with E-state index in [0.717, 1.165) is 12.0 Å². The van der Waals surface area contributed by atoms with Crippen LogP contribution in [-0.4, -0.2) is 23.5 Å². The van der Waals surface area contributed by atoms with Gasteiger partial charge in [-0.25, -0.2) is 0 Å². The Morgan fingerprint density at radius 2 is 1.90 bits per heavy atom. The van der Waals surface area contributed by atoms with Gasteiger partial charge in [0.15, 0.2) is 0 Å². The van der Waals surface area contributed by atoms with Gasteiger partial charge < -0.3 is 10.4 Å². The van der Waals surface area contributed by atoms with E-state index in [2.05, 4.69) is 12.2 Å². The summed E-state index contributed by atoms with van der Waals surface area (Å²) in [5.74, 6) is -1.69. The summed E-state index contributed by atoms with van der Waals surface area (Å²) in [5, 5.41) is 11.5. The molecule has 4 nitrogen and oxygen atoms in total. The van der Waals surface area contributed by atoms with Crippen molar-refractivity contribution in [3.8, 4) is 0 Å². The van der Waals surface area contributed by atoms with Gasteiger partial charge in [-0.1, -0.05) is 38.1 Å². The first-order valence-corrected chi connectivity index (χ1v) is 6.84. The van der Waals surface area contributed by atoms with E-state index < -0.39 is 11.9 Å². The molecule has 20 heavy (non-hydrogen) atoms. The van der Waals surface area contributed by atoms with Crippen molar-refractivity contribution in [1.82, 2.24) is 5.32 Å². The second-order valence-corrected chi connectivity index (χ2v) is 4.62. The predicted octanol–water partition coefficient (Wildman–Crippen LogP) is 2.49. The van der Waals surface area contributed by atoms with Crippen LogP contribution in [0.3, 0.4) is 0 Å². The van der Waals surface area contributed by atoms with E-state index in [1.807, 2.05) is 24.3 Å². The molecule has 0 saturated heterocycles. The predicted molar refractivity (Wildman–Crippen MR) is 79.3 cm³/mol. The van der Waals surface area contributed by atoms with E-state index in [4.69, 9.17) is 5.11 Å². The first-order chi connectivity index (χ1) is 9.56. The zero-order valence-corrected chi connectivity index (χ0v) is 11.9. The minimum Gasteiger partial charge on any atom is -0.481 e. The molecule has 0 heterocycles. The third kappa shape index (κ3) is 5.26. The van der Waals surface area contributed by atoms with E-state index in [0.29, 0.717) is 6.42 Å². The standard InChI is InChI=1S/C16H21NO3/c1-3-12-5-7-13(8-6-12)9-10-15(18)17-11-14(4-2)16(19)20/h5-10,14H,3-4,11H2,1-2H3,(H,17,18)(H,19,20). The van der Waals surface area contributed by atoms with Crippen molar-refractivity contribution in [2.24, 2.45) is 5.92 Å². The normalized spacial score (nSPS) is 12.3. The summed E-state index contributed by atoms with van der Waals surface area (Å²) in [6.45, 7) is 4.03. The fourth-order valence-electron chi connectivity index (χ4n) is 1.73. The van der Waals surface area contributed by atoms with Crippen LogP contribution < -0.4 is 5.32 Å². The van der Waals surface area contributed by atoms with Crippen molar-refractivity contribution < 1.29 is 14.7 Å². The number of hydrogen-bond donors (Lipinski definition) is 2. The van der Waals surface area contributed by atoms with E-state index in [9.17, 15) is 9.59 Å². The lowest BCUT2D eigenvalue weighted by Gasteiger charge is -2.09. The maximum absolute atomic E-state index is 11.6. The quantitative estimate of drug-likeness (QED) is 0.751. The van der Waals surface area contributed by atoms with E-state index in [1.165, 1.54) is 11.6 Å². The molecule has 0 fully saturated rings. The van der Waals surface area contributed by atoms with Crippen molar-refractivity contribution >= 4 is 18.0 Å². The van der Waals surface area contributed by atoms with Crippen LogP contribution in [0.15, 0.2) is 30.3 Å². The fourth-order valence-corrected chi connectivity index (χ4v) is 1.73. The van der Waals surface area contributed by atoms with Crippen molar-refractivity contribution in [2.45, 2.75) is 26.7 Å². The Bertz CT molecular complexity index is 477. The number of hydrogen-bond acceptors (Lipinski definition) is 2. The Hall–Kier alpha value is -2.10. The van der Waals surface area contributed by atoms with Crippen LogP contribution in [0.5, 0.6) is 0 Å². The zero-order chi connectivity index (χ0) is 15.0. The number of carboxylic acids is 1. The number of rotatable bonds is 7. The summed E-state index contributed by atoms with van der Waals surface area (Å²) in [6.07, 6.45) is 4.63. The van der Waals surface area contributed by atoms with Crippen LogP contribution >= 0.6 is 0 Å². The van der Waals surface area contributed by atoms with Crippen LogP contribution in [0, 0.1) is 5.92 Å². The SMILES string of the molecule is CCc1ccc(C=CC(=O)NCC(CC)C(=O)O)cc1. The fraction of sp³-hybridized carbons (Fsp3) is 0.375. The van der Waals surface area contributed by atoms with Crippen molar-refractivity contribution in [3.63, 3.8) is 0 Å². The average Bonchev–Trinajstić information content (AvgIpc) is 2.46. The average molecular weight is 275 g/mol. The van der Waals surface area contributed by atoms with Crippen LogP contribution in [0.2, 0.25) is 0 Å². The summed E-state index contributed by atoms with van der Waals surface area (Å²) in [7, 11) is 0. The summed E-state index contributed by atoms with van der Waals surface area (Å²) in [6, 6.07) is 7.95. The highest BCUT2D eigenvalue weighted by molar-refractivity contribution is 5.91. The van der Waals surface area contributed by atoms with Crippen molar-refractivity contribution in [2.75, 3.05) is 6.54 Å². The summed E-state index contributed by atoms with van der Waals surface area (Å²) in [5.41, 5.74) is 2.20. The molecule has 0 aromatic heterocycles. The van der Waals surface area contributed by atoms with Crippen LogP contribution in [-0.2, 0) is 16.0 Å². The number of nitrogens with one attached hydrogen (secondary N) is 1. The lowest BCUT2D eigenvalue weighted by molar-refractivity contribution is -0.141. The molecule has 108 valence electrons. The largest absolute Gasteiger partial charge is 0.481 e.